The third kappa shape index (κ3) is 2.73. The summed E-state index contributed by atoms with van der Waals surface area (Å²) in [5.74, 6) is 1.59. The summed E-state index contributed by atoms with van der Waals surface area (Å²) in [5, 5.41) is 11.6. The molecule has 0 aromatic carbocycles. The van der Waals surface area contributed by atoms with Gasteiger partial charge >= 0.3 is 0 Å². The van der Waals surface area contributed by atoms with Crippen LogP contribution >= 0.6 is 0 Å². The van der Waals surface area contributed by atoms with Crippen molar-refractivity contribution in [3.05, 3.63) is 0 Å². The molecule has 0 spiro atoms. The predicted molar refractivity (Wildman–Crippen MR) is 57.6 cm³/mol. The average Bonchev–Trinajstić information content (AvgIpc) is 1.97. The molecule has 0 aromatic rings. The Morgan fingerprint density at radius 2 is 1.71 bits per heavy atom. The summed E-state index contributed by atoms with van der Waals surface area (Å²) < 4.78 is 0. The van der Waals surface area contributed by atoms with Gasteiger partial charge in [0, 0.05) is 0 Å². The molecule has 1 heteroatoms. The van der Waals surface area contributed by atoms with Crippen molar-refractivity contribution in [2.45, 2.75) is 70.3 Å². The van der Waals surface area contributed by atoms with E-state index in [2.05, 4.69) is 0 Å². The van der Waals surface area contributed by atoms with Crippen molar-refractivity contribution in [1.82, 2.24) is 0 Å². The van der Waals surface area contributed by atoms with Crippen molar-refractivity contribution in [2.24, 2.45) is 11.8 Å². The van der Waals surface area contributed by atoms with Gasteiger partial charge in [-0.25, -0.2) is 5.11 Å². The highest BCUT2D eigenvalue weighted by molar-refractivity contribution is 4.77. The molecule has 2 rings (SSSR count). The molecule has 0 aromatic heterocycles. The van der Waals surface area contributed by atoms with E-state index in [4.69, 9.17) is 0 Å². The third-order valence-electron chi connectivity index (χ3n) is 4.25. The van der Waals surface area contributed by atoms with Gasteiger partial charge in [0.15, 0.2) is 0 Å². The Kier molecular flexibility index (Phi) is 3.86. The standard InChI is InChI=1S/C13H23O/c14-13(12-8-4-9-12)10-2-1-5-11-6-3-7-11/h11-13H,1-10H2. The number of rotatable bonds is 6. The highest BCUT2D eigenvalue weighted by Crippen LogP contribution is 2.33. The Bertz CT molecular complexity index is 159. The van der Waals surface area contributed by atoms with Crippen LogP contribution in [0.25, 0.3) is 0 Å². The molecule has 14 heavy (non-hydrogen) atoms. The summed E-state index contributed by atoms with van der Waals surface area (Å²) in [6.45, 7) is 0. The largest absolute Gasteiger partial charge is 0.233 e. The topological polar surface area (TPSA) is 19.9 Å². The molecular formula is C13H23O. The molecule has 0 aliphatic heterocycles. The molecule has 81 valence electrons. The summed E-state index contributed by atoms with van der Waals surface area (Å²) in [6.07, 6.45) is 12.8. The van der Waals surface area contributed by atoms with Gasteiger partial charge in [-0.3, -0.25) is 0 Å². The minimum absolute atomic E-state index is 0.217. The SMILES string of the molecule is [O]C(CCCCC1CCC1)C1CCC1. The van der Waals surface area contributed by atoms with Crippen LogP contribution in [0.3, 0.4) is 0 Å². The summed E-state index contributed by atoms with van der Waals surface area (Å²) in [5.41, 5.74) is 0. The van der Waals surface area contributed by atoms with Crippen molar-refractivity contribution in [1.29, 1.82) is 0 Å². The molecule has 1 unspecified atom stereocenters. The van der Waals surface area contributed by atoms with Crippen LogP contribution in [0.5, 0.6) is 0 Å². The zero-order chi connectivity index (χ0) is 9.80. The van der Waals surface area contributed by atoms with Gasteiger partial charge in [-0.05, 0) is 31.1 Å². The van der Waals surface area contributed by atoms with E-state index >= 15 is 0 Å². The van der Waals surface area contributed by atoms with Crippen LogP contribution in [-0.2, 0) is 5.11 Å². The Balaban J connectivity index is 1.45. The first-order valence-corrected chi connectivity index (χ1v) is 6.52. The first-order chi connectivity index (χ1) is 6.86. The number of unbranched alkanes of at least 4 members (excludes halogenated alkanes) is 1. The third-order valence-corrected chi connectivity index (χ3v) is 4.25. The van der Waals surface area contributed by atoms with Gasteiger partial charge in [-0.1, -0.05) is 44.9 Å². The molecule has 0 bridgehead atoms. The smallest absolute Gasteiger partial charge is 0.0958 e. The summed E-state index contributed by atoms with van der Waals surface area (Å²) in [7, 11) is 0. The minimum atomic E-state index is -0.217. The van der Waals surface area contributed by atoms with E-state index in [0.717, 1.165) is 12.3 Å². The first-order valence-electron chi connectivity index (χ1n) is 6.52. The van der Waals surface area contributed by atoms with Gasteiger partial charge < -0.3 is 0 Å². The second-order valence-electron chi connectivity index (χ2n) is 5.31. The molecule has 2 saturated carbocycles. The molecular weight excluding hydrogens is 172 g/mol. The van der Waals surface area contributed by atoms with Crippen molar-refractivity contribution in [2.75, 3.05) is 0 Å². The number of hydrogen-bond acceptors (Lipinski definition) is 0. The van der Waals surface area contributed by atoms with Gasteiger partial charge in [-0.15, -0.1) is 0 Å². The molecule has 2 fully saturated rings. The van der Waals surface area contributed by atoms with Gasteiger partial charge in [0.25, 0.3) is 0 Å². The first kappa shape index (κ1) is 10.5. The molecule has 0 saturated heterocycles. The van der Waals surface area contributed by atoms with Crippen LogP contribution in [0, 0.1) is 11.8 Å². The Labute approximate surface area is 87.9 Å². The maximum Gasteiger partial charge on any atom is 0.0958 e. The van der Waals surface area contributed by atoms with E-state index in [-0.39, 0.29) is 6.10 Å². The fraction of sp³-hybridized carbons (Fsp3) is 1.00. The van der Waals surface area contributed by atoms with E-state index < -0.39 is 0 Å². The van der Waals surface area contributed by atoms with Gasteiger partial charge in [0.05, 0.1) is 6.10 Å². The van der Waals surface area contributed by atoms with E-state index in [1.807, 2.05) is 0 Å². The lowest BCUT2D eigenvalue weighted by molar-refractivity contribution is -0.00341. The second-order valence-corrected chi connectivity index (χ2v) is 5.31. The maximum absolute atomic E-state index is 11.6. The molecule has 1 nitrogen and oxygen atoms in total. The molecule has 0 amide bonds. The molecule has 2 aliphatic rings. The molecule has 2 aliphatic carbocycles. The predicted octanol–water partition coefficient (Wildman–Crippen LogP) is 3.95. The lowest BCUT2D eigenvalue weighted by Crippen LogP contribution is -2.25. The fourth-order valence-electron chi connectivity index (χ4n) is 2.61. The molecule has 0 N–H and O–H groups in total. The Hall–Kier alpha value is -0.0400. The van der Waals surface area contributed by atoms with Gasteiger partial charge in [0.2, 0.25) is 0 Å². The van der Waals surface area contributed by atoms with E-state index in [9.17, 15) is 5.11 Å². The molecule has 1 radical (unpaired) electrons. The zero-order valence-electron chi connectivity index (χ0n) is 9.21. The van der Waals surface area contributed by atoms with Crippen LogP contribution in [0.1, 0.15) is 64.2 Å². The summed E-state index contributed by atoms with van der Waals surface area (Å²) in [6, 6.07) is 0. The van der Waals surface area contributed by atoms with Crippen LogP contribution in [0.2, 0.25) is 0 Å². The van der Waals surface area contributed by atoms with E-state index in [1.54, 1.807) is 0 Å². The Morgan fingerprint density at radius 1 is 1.00 bits per heavy atom. The van der Waals surface area contributed by atoms with Crippen molar-refractivity contribution < 1.29 is 5.11 Å². The van der Waals surface area contributed by atoms with Gasteiger partial charge in [-0.2, -0.15) is 0 Å². The maximum atomic E-state index is 11.6. The van der Waals surface area contributed by atoms with Crippen LogP contribution in [0.15, 0.2) is 0 Å². The van der Waals surface area contributed by atoms with E-state index in [1.165, 1.54) is 57.8 Å². The van der Waals surface area contributed by atoms with Crippen LogP contribution in [0.4, 0.5) is 0 Å². The average molecular weight is 195 g/mol. The van der Waals surface area contributed by atoms with Crippen molar-refractivity contribution in [3.63, 3.8) is 0 Å². The normalized spacial score (nSPS) is 25.5. The monoisotopic (exact) mass is 195 g/mol. The van der Waals surface area contributed by atoms with Crippen LogP contribution < -0.4 is 0 Å². The highest BCUT2D eigenvalue weighted by Gasteiger charge is 2.26. The second kappa shape index (κ2) is 5.16. The van der Waals surface area contributed by atoms with Crippen molar-refractivity contribution >= 4 is 0 Å². The van der Waals surface area contributed by atoms with Crippen LogP contribution in [-0.4, -0.2) is 6.10 Å². The highest BCUT2D eigenvalue weighted by atomic mass is 16.3. The lowest BCUT2D eigenvalue weighted by atomic mass is 9.78. The van der Waals surface area contributed by atoms with Gasteiger partial charge in [0.1, 0.15) is 0 Å². The summed E-state index contributed by atoms with van der Waals surface area (Å²) >= 11 is 0. The molecule has 1 atom stereocenters. The Morgan fingerprint density at radius 3 is 2.21 bits per heavy atom. The lowest BCUT2D eigenvalue weighted by Gasteiger charge is -2.29. The summed E-state index contributed by atoms with van der Waals surface area (Å²) in [4.78, 5) is 0. The van der Waals surface area contributed by atoms with E-state index in [0.29, 0.717) is 5.92 Å². The fourth-order valence-corrected chi connectivity index (χ4v) is 2.61. The zero-order valence-corrected chi connectivity index (χ0v) is 9.21. The quantitative estimate of drug-likeness (QED) is 0.572. The van der Waals surface area contributed by atoms with Crippen molar-refractivity contribution in [3.8, 4) is 0 Å². The minimum Gasteiger partial charge on any atom is -0.233 e. The molecule has 0 heterocycles. The number of hydrogen-bond donors (Lipinski definition) is 0.